The summed E-state index contributed by atoms with van der Waals surface area (Å²) in [5.74, 6) is 1.32. The van der Waals surface area contributed by atoms with E-state index in [-0.39, 0.29) is 4.90 Å². The number of ether oxygens (including phenoxy) is 1. The molecule has 0 aliphatic carbocycles. The van der Waals surface area contributed by atoms with Gasteiger partial charge in [-0.1, -0.05) is 30.3 Å². The van der Waals surface area contributed by atoms with Gasteiger partial charge in [0.2, 0.25) is 0 Å². The second-order valence-electron chi connectivity index (χ2n) is 4.84. The van der Waals surface area contributed by atoms with E-state index < -0.39 is 9.84 Å². The summed E-state index contributed by atoms with van der Waals surface area (Å²) in [7, 11) is -1.33. The predicted octanol–water partition coefficient (Wildman–Crippen LogP) is 2.73. The molecule has 0 spiro atoms. The van der Waals surface area contributed by atoms with E-state index in [1.807, 2.05) is 43.5 Å². The van der Waals surface area contributed by atoms with Crippen molar-refractivity contribution in [2.24, 2.45) is 0 Å². The molecule has 22 heavy (non-hydrogen) atoms. The Morgan fingerprint density at radius 1 is 1.09 bits per heavy atom. The van der Waals surface area contributed by atoms with E-state index in [2.05, 4.69) is 5.32 Å². The zero-order valence-corrected chi connectivity index (χ0v) is 13.4. The van der Waals surface area contributed by atoms with Crippen LogP contribution in [0.2, 0.25) is 0 Å². The molecule has 5 heteroatoms. The van der Waals surface area contributed by atoms with Crippen molar-refractivity contribution in [3.8, 4) is 5.75 Å². The SMILES string of the molecule is CNCC=C(Oc1ccc(S(C)(=O)=O)cc1)c1ccccc1. The molecule has 1 N–H and O–H groups in total. The van der Waals surface area contributed by atoms with Crippen molar-refractivity contribution in [1.29, 1.82) is 0 Å². The van der Waals surface area contributed by atoms with Gasteiger partial charge in [0.15, 0.2) is 9.84 Å². The minimum atomic E-state index is -3.19. The highest BCUT2D eigenvalue weighted by molar-refractivity contribution is 7.90. The van der Waals surface area contributed by atoms with Crippen molar-refractivity contribution in [1.82, 2.24) is 5.32 Å². The fourth-order valence-corrected chi connectivity index (χ4v) is 2.53. The number of hydrogen-bond donors (Lipinski definition) is 1. The van der Waals surface area contributed by atoms with E-state index in [1.165, 1.54) is 6.26 Å². The molecule has 2 aromatic carbocycles. The normalized spacial score (nSPS) is 12.2. The van der Waals surface area contributed by atoms with Crippen LogP contribution in [-0.4, -0.2) is 28.3 Å². The highest BCUT2D eigenvalue weighted by atomic mass is 32.2. The second-order valence-corrected chi connectivity index (χ2v) is 6.85. The van der Waals surface area contributed by atoms with Gasteiger partial charge in [0.1, 0.15) is 11.5 Å². The summed E-state index contributed by atoms with van der Waals surface area (Å²) in [5.41, 5.74) is 0.963. The Balaban J connectivity index is 2.24. The van der Waals surface area contributed by atoms with Crippen LogP contribution in [0.4, 0.5) is 0 Å². The second kappa shape index (κ2) is 7.24. The zero-order chi connectivity index (χ0) is 16.0. The lowest BCUT2D eigenvalue weighted by Gasteiger charge is -2.11. The largest absolute Gasteiger partial charge is 0.457 e. The van der Waals surface area contributed by atoms with Crippen LogP contribution in [0, 0.1) is 0 Å². The standard InChI is InChI=1S/C17H19NO3S/c1-18-13-12-17(14-6-4-3-5-7-14)21-15-8-10-16(11-9-15)22(2,19)20/h3-12,18H,13H2,1-2H3. The number of likely N-dealkylation sites (N-methyl/N-ethyl adjacent to an activating group) is 1. The Bertz CT molecular complexity index is 735. The Hall–Kier alpha value is -2.11. The summed E-state index contributed by atoms with van der Waals surface area (Å²) < 4.78 is 28.8. The van der Waals surface area contributed by atoms with Crippen molar-refractivity contribution in [3.05, 3.63) is 66.2 Å². The molecule has 0 bridgehead atoms. The molecule has 0 saturated heterocycles. The van der Waals surface area contributed by atoms with E-state index in [1.54, 1.807) is 24.3 Å². The maximum atomic E-state index is 11.5. The third-order valence-electron chi connectivity index (χ3n) is 3.03. The maximum absolute atomic E-state index is 11.5. The molecule has 0 saturated carbocycles. The number of rotatable bonds is 6. The van der Waals surface area contributed by atoms with Gasteiger partial charge in [0.05, 0.1) is 4.90 Å². The highest BCUT2D eigenvalue weighted by Gasteiger charge is 2.08. The van der Waals surface area contributed by atoms with Gasteiger partial charge < -0.3 is 10.1 Å². The van der Waals surface area contributed by atoms with Crippen LogP contribution in [0.15, 0.2) is 65.6 Å². The van der Waals surface area contributed by atoms with Crippen molar-refractivity contribution < 1.29 is 13.2 Å². The smallest absolute Gasteiger partial charge is 0.175 e. The Labute approximate surface area is 131 Å². The summed E-state index contributed by atoms with van der Waals surface area (Å²) in [4.78, 5) is 0.278. The van der Waals surface area contributed by atoms with E-state index in [9.17, 15) is 8.42 Å². The van der Waals surface area contributed by atoms with E-state index >= 15 is 0 Å². The average molecular weight is 317 g/mol. The number of nitrogens with one attached hydrogen (secondary N) is 1. The zero-order valence-electron chi connectivity index (χ0n) is 12.6. The molecule has 0 unspecified atom stereocenters. The molecule has 2 rings (SSSR count). The van der Waals surface area contributed by atoms with E-state index in [0.29, 0.717) is 12.3 Å². The maximum Gasteiger partial charge on any atom is 0.175 e. The fraction of sp³-hybridized carbons (Fsp3) is 0.176. The first-order valence-corrected chi connectivity index (χ1v) is 8.78. The third kappa shape index (κ3) is 4.44. The number of benzene rings is 2. The first kappa shape index (κ1) is 16.3. The van der Waals surface area contributed by atoms with E-state index in [4.69, 9.17) is 4.74 Å². The minimum absolute atomic E-state index is 0.278. The molecule has 0 aliphatic heterocycles. The molecule has 0 atom stereocenters. The topological polar surface area (TPSA) is 55.4 Å². The van der Waals surface area contributed by atoms with Gasteiger partial charge in [-0.25, -0.2) is 8.42 Å². The summed E-state index contributed by atoms with van der Waals surface area (Å²) >= 11 is 0. The van der Waals surface area contributed by atoms with Gasteiger partial charge in [-0.15, -0.1) is 0 Å². The molecule has 0 amide bonds. The molecule has 0 heterocycles. The van der Waals surface area contributed by atoms with Crippen LogP contribution < -0.4 is 10.1 Å². The Morgan fingerprint density at radius 3 is 2.27 bits per heavy atom. The first-order valence-electron chi connectivity index (χ1n) is 6.89. The van der Waals surface area contributed by atoms with Gasteiger partial charge in [0, 0.05) is 18.4 Å². The number of sulfone groups is 1. The Kier molecular flexibility index (Phi) is 5.35. The van der Waals surface area contributed by atoms with Gasteiger partial charge in [-0.2, -0.15) is 0 Å². The molecule has 0 fully saturated rings. The van der Waals surface area contributed by atoms with Crippen LogP contribution in [0.3, 0.4) is 0 Å². The predicted molar refractivity (Wildman–Crippen MR) is 88.5 cm³/mol. The van der Waals surface area contributed by atoms with Crippen molar-refractivity contribution >= 4 is 15.6 Å². The quantitative estimate of drug-likeness (QED) is 0.832. The Morgan fingerprint density at radius 2 is 1.73 bits per heavy atom. The van der Waals surface area contributed by atoms with Gasteiger partial charge in [0.25, 0.3) is 0 Å². The molecule has 2 aromatic rings. The lowest BCUT2D eigenvalue weighted by atomic mass is 10.2. The minimum Gasteiger partial charge on any atom is -0.457 e. The van der Waals surface area contributed by atoms with Gasteiger partial charge in [-0.3, -0.25) is 0 Å². The third-order valence-corrected chi connectivity index (χ3v) is 4.16. The van der Waals surface area contributed by atoms with E-state index in [0.717, 1.165) is 11.3 Å². The van der Waals surface area contributed by atoms with Crippen molar-refractivity contribution in [2.75, 3.05) is 19.8 Å². The van der Waals surface area contributed by atoms with Crippen molar-refractivity contribution in [3.63, 3.8) is 0 Å². The van der Waals surface area contributed by atoms with Crippen molar-refractivity contribution in [2.45, 2.75) is 4.90 Å². The monoisotopic (exact) mass is 317 g/mol. The summed E-state index contributed by atoms with van der Waals surface area (Å²) in [6.07, 6.45) is 3.13. The van der Waals surface area contributed by atoms with Crippen LogP contribution in [0.5, 0.6) is 5.75 Å². The van der Waals surface area contributed by atoms with Crippen LogP contribution in [0.1, 0.15) is 5.56 Å². The van der Waals surface area contributed by atoms with Gasteiger partial charge >= 0.3 is 0 Å². The number of hydrogen-bond acceptors (Lipinski definition) is 4. The molecule has 116 valence electrons. The molecular weight excluding hydrogens is 298 g/mol. The van der Waals surface area contributed by atoms with Crippen LogP contribution in [0.25, 0.3) is 5.76 Å². The average Bonchev–Trinajstić information content (AvgIpc) is 2.52. The fourth-order valence-electron chi connectivity index (χ4n) is 1.90. The molecular formula is C17H19NO3S. The first-order chi connectivity index (χ1) is 10.5. The molecule has 0 radical (unpaired) electrons. The highest BCUT2D eigenvalue weighted by Crippen LogP contribution is 2.22. The molecule has 0 aliphatic rings. The summed E-state index contributed by atoms with van der Waals surface area (Å²) in [6, 6.07) is 16.2. The summed E-state index contributed by atoms with van der Waals surface area (Å²) in [6.45, 7) is 0.672. The van der Waals surface area contributed by atoms with Crippen LogP contribution in [-0.2, 0) is 9.84 Å². The molecule has 4 nitrogen and oxygen atoms in total. The molecule has 0 aromatic heterocycles. The lowest BCUT2D eigenvalue weighted by molar-refractivity contribution is 0.512. The van der Waals surface area contributed by atoms with Gasteiger partial charge in [-0.05, 0) is 37.4 Å². The lowest BCUT2D eigenvalue weighted by Crippen LogP contribution is -2.07. The summed E-state index contributed by atoms with van der Waals surface area (Å²) in [5, 5.41) is 3.05. The van der Waals surface area contributed by atoms with Crippen LogP contribution >= 0.6 is 0 Å².